The van der Waals surface area contributed by atoms with Crippen LogP contribution in [0.3, 0.4) is 0 Å². The van der Waals surface area contributed by atoms with E-state index in [1.165, 1.54) is 0 Å². The first-order valence-corrected chi connectivity index (χ1v) is 3.08. The number of nitrogens with two attached hydrogens (primary N) is 2. The summed E-state index contributed by atoms with van der Waals surface area (Å²) in [4.78, 5) is 31.1. The molecule has 0 heterocycles. The second kappa shape index (κ2) is 3.21. The van der Waals surface area contributed by atoms with Gasteiger partial charge < -0.3 is 26.2 Å². The summed E-state index contributed by atoms with van der Waals surface area (Å²) in [5.74, 6) is -6.79. The maximum Gasteiger partial charge on any atom is 0.354 e. The van der Waals surface area contributed by atoms with Crippen LogP contribution in [0.2, 0.25) is 0 Å². The van der Waals surface area contributed by atoms with Crippen molar-refractivity contribution in [2.75, 3.05) is 0 Å². The van der Waals surface area contributed by atoms with E-state index >= 15 is 0 Å². The number of aliphatic carboxylic acids is 3. The minimum atomic E-state index is -3.61. The predicted octanol–water partition coefficient (Wildman–Crippen LogP) is -3.41. The van der Waals surface area contributed by atoms with Gasteiger partial charge >= 0.3 is 17.9 Å². The maximum absolute atomic E-state index is 10.4. The molecule has 14 heavy (non-hydrogen) atoms. The van der Waals surface area contributed by atoms with Gasteiger partial charge in [-0.3, -0.25) is 5.73 Å². The molecule has 0 amide bonds. The Labute approximate surface area is 76.5 Å². The Kier molecular flexibility index (Phi) is 2.82. The van der Waals surface area contributed by atoms with E-state index in [1.807, 2.05) is 0 Å². The first-order chi connectivity index (χ1) is 6.08. The summed E-state index contributed by atoms with van der Waals surface area (Å²) in [5.41, 5.74) is 2.20. The zero-order valence-corrected chi connectivity index (χ0v) is 6.67. The van der Waals surface area contributed by atoms with Crippen LogP contribution < -0.4 is 11.5 Å². The average Bonchev–Trinajstić information content (AvgIpc) is 2.01. The third-order valence-electron chi connectivity index (χ3n) is 1.60. The van der Waals surface area contributed by atoms with Gasteiger partial charge in [0.05, 0.1) is 0 Å². The van der Waals surface area contributed by atoms with Crippen molar-refractivity contribution in [3.8, 4) is 0 Å². The van der Waals surface area contributed by atoms with Crippen molar-refractivity contribution in [2.45, 2.75) is 11.3 Å². The molecule has 0 aromatic carbocycles. The summed E-state index contributed by atoms with van der Waals surface area (Å²) in [6, 6.07) is 0. The van der Waals surface area contributed by atoms with Gasteiger partial charge in [-0.05, 0) is 0 Å². The van der Waals surface area contributed by atoms with Crippen LogP contribution in [0.15, 0.2) is 0 Å². The van der Waals surface area contributed by atoms with E-state index < -0.39 is 29.2 Å². The first kappa shape index (κ1) is 12.3. The summed E-state index contributed by atoms with van der Waals surface area (Å²) >= 11 is 0. The molecule has 1 atom stereocenters. The fourth-order valence-electron chi connectivity index (χ4n) is 0.586. The van der Waals surface area contributed by atoms with Crippen LogP contribution in [0.4, 0.5) is 0 Å². The predicted molar refractivity (Wildman–Crippen MR) is 39.0 cm³/mol. The average molecular weight is 208 g/mol. The van der Waals surface area contributed by atoms with Gasteiger partial charge in [0.2, 0.25) is 0 Å². The molecule has 0 aliphatic carbocycles. The van der Waals surface area contributed by atoms with Gasteiger partial charge in [-0.2, -0.15) is 0 Å². The molecule has 1 unspecified atom stereocenters. The zero-order chi connectivity index (χ0) is 11.7. The van der Waals surface area contributed by atoms with E-state index in [2.05, 4.69) is 5.73 Å². The molecule has 0 aliphatic rings. The van der Waals surface area contributed by atoms with E-state index in [-0.39, 0.29) is 0 Å². The Morgan fingerprint density at radius 1 is 0.857 bits per heavy atom. The van der Waals surface area contributed by atoms with Crippen LogP contribution >= 0.6 is 0 Å². The highest BCUT2D eigenvalue weighted by molar-refractivity contribution is 6.09. The monoisotopic (exact) mass is 208 g/mol. The lowest BCUT2D eigenvalue weighted by Crippen LogP contribution is -2.77. The molecule has 0 rings (SSSR count). The number of hydrogen-bond acceptors (Lipinski definition) is 6. The Morgan fingerprint density at radius 2 is 1.14 bits per heavy atom. The topological polar surface area (TPSA) is 184 Å². The van der Waals surface area contributed by atoms with Gasteiger partial charge in [0.25, 0.3) is 11.3 Å². The highest BCUT2D eigenvalue weighted by atomic mass is 16.4. The molecule has 0 bridgehead atoms. The molecule has 0 saturated heterocycles. The number of carboxylic acid groups (broad SMARTS) is 3. The van der Waals surface area contributed by atoms with E-state index in [4.69, 9.17) is 26.2 Å². The van der Waals surface area contributed by atoms with Crippen molar-refractivity contribution in [3.05, 3.63) is 0 Å². The standard InChI is InChI=1S/C5H8N2O7/c6-4(1(8)9,2(10)11)5(7,14)3(12)13/h14H,6-7H2,(H,8,9)(H,10,11)(H,12,13). The maximum atomic E-state index is 10.4. The largest absolute Gasteiger partial charge is 0.479 e. The summed E-state index contributed by atoms with van der Waals surface area (Å²) in [5, 5.41) is 34.0. The summed E-state index contributed by atoms with van der Waals surface area (Å²) in [6.45, 7) is 0. The van der Waals surface area contributed by atoms with E-state index in [0.29, 0.717) is 0 Å². The lowest BCUT2D eigenvalue weighted by Gasteiger charge is -2.30. The minimum absolute atomic E-state index is 2.26. The SMILES string of the molecule is NC(O)(C(=O)O)C(N)(C(=O)O)C(=O)O. The van der Waals surface area contributed by atoms with Crippen LogP contribution in [0.25, 0.3) is 0 Å². The number of rotatable bonds is 4. The van der Waals surface area contributed by atoms with Crippen molar-refractivity contribution in [3.63, 3.8) is 0 Å². The molecule has 0 aromatic rings. The van der Waals surface area contributed by atoms with Gasteiger partial charge in [0.15, 0.2) is 0 Å². The lowest BCUT2D eigenvalue weighted by atomic mass is 9.88. The third-order valence-corrected chi connectivity index (χ3v) is 1.60. The zero-order valence-electron chi connectivity index (χ0n) is 6.67. The minimum Gasteiger partial charge on any atom is -0.479 e. The third kappa shape index (κ3) is 1.39. The van der Waals surface area contributed by atoms with Crippen LogP contribution in [0, 0.1) is 0 Å². The highest BCUT2D eigenvalue weighted by Gasteiger charge is 2.63. The van der Waals surface area contributed by atoms with Crippen molar-refractivity contribution < 1.29 is 34.8 Å². The van der Waals surface area contributed by atoms with Crippen molar-refractivity contribution in [1.82, 2.24) is 0 Å². The van der Waals surface area contributed by atoms with Crippen LogP contribution in [0.5, 0.6) is 0 Å². The fourth-order valence-corrected chi connectivity index (χ4v) is 0.586. The number of hydrogen-bond donors (Lipinski definition) is 6. The Morgan fingerprint density at radius 3 is 1.21 bits per heavy atom. The van der Waals surface area contributed by atoms with Gasteiger partial charge in [-0.15, -0.1) is 0 Å². The van der Waals surface area contributed by atoms with Crippen molar-refractivity contribution >= 4 is 17.9 Å². The molecular formula is C5H8N2O7. The molecule has 0 aromatic heterocycles. The second-order valence-corrected chi connectivity index (χ2v) is 2.49. The normalized spacial score (nSPS) is 15.6. The molecular weight excluding hydrogens is 200 g/mol. The van der Waals surface area contributed by atoms with Gasteiger partial charge in [-0.25, -0.2) is 14.4 Å². The summed E-state index contributed by atoms with van der Waals surface area (Å²) in [7, 11) is 0. The van der Waals surface area contributed by atoms with Crippen molar-refractivity contribution in [2.24, 2.45) is 11.5 Å². The molecule has 9 nitrogen and oxygen atoms in total. The van der Waals surface area contributed by atoms with Crippen LogP contribution in [-0.4, -0.2) is 49.6 Å². The van der Waals surface area contributed by atoms with E-state index in [1.54, 1.807) is 0 Å². The van der Waals surface area contributed by atoms with Gasteiger partial charge in [0.1, 0.15) is 0 Å². The highest BCUT2D eigenvalue weighted by Crippen LogP contribution is 2.16. The van der Waals surface area contributed by atoms with Gasteiger partial charge in [-0.1, -0.05) is 0 Å². The number of carbonyl (C=O) groups is 3. The molecule has 80 valence electrons. The Bertz CT molecular complexity index is 282. The molecule has 0 saturated carbocycles. The Hall–Kier alpha value is -1.71. The summed E-state index contributed by atoms with van der Waals surface area (Å²) in [6.07, 6.45) is 0. The lowest BCUT2D eigenvalue weighted by molar-refractivity contribution is -0.185. The van der Waals surface area contributed by atoms with E-state index in [9.17, 15) is 14.4 Å². The van der Waals surface area contributed by atoms with Crippen LogP contribution in [-0.2, 0) is 14.4 Å². The first-order valence-electron chi connectivity index (χ1n) is 3.08. The molecule has 0 aliphatic heterocycles. The second-order valence-electron chi connectivity index (χ2n) is 2.49. The number of aliphatic hydroxyl groups is 1. The molecule has 0 fully saturated rings. The summed E-state index contributed by atoms with van der Waals surface area (Å²) < 4.78 is 0. The van der Waals surface area contributed by atoms with Gasteiger partial charge in [0, 0.05) is 0 Å². The molecule has 0 spiro atoms. The molecule has 0 radical (unpaired) electrons. The molecule has 8 N–H and O–H groups in total. The Balaban J connectivity index is 5.55. The smallest absolute Gasteiger partial charge is 0.354 e. The van der Waals surface area contributed by atoms with Crippen LogP contribution in [0.1, 0.15) is 0 Å². The fraction of sp³-hybridized carbons (Fsp3) is 0.400. The van der Waals surface area contributed by atoms with Crippen molar-refractivity contribution in [1.29, 1.82) is 0 Å². The number of carboxylic acids is 3. The van der Waals surface area contributed by atoms with E-state index in [0.717, 1.165) is 0 Å². The quantitative estimate of drug-likeness (QED) is 0.202. The molecule has 9 heteroatoms.